The number of para-hydroxylation sites is 3. The molecule has 0 spiro atoms. The van der Waals surface area contributed by atoms with E-state index in [0.717, 1.165) is 29.2 Å². The van der Waals surface area contributed by atoms with Crippen LogP contribution in [-0.2, 0) is 6.54 Å². The van der Waals surface area contributed by atoms with Crippen LogP contribution in [0, 0.1) is 0 Å². The Labute approximate surface area is 135 Å². The van der Waals surface area contributed by atoms with Crippen LogP contribution >= 0.6 is 0 Å². The first kappa shape index (κ1) is 13.6. The van der Waals surface area contributed by atoms with Gasteiger partial charge in [0.15, 0.2) is 0 Å². The molecule has 0 fully saturated rings. The van der Waals surface area contributed by atoms with Gasteiger partial charge in [-0.3, -0.25) is 4.57 Å². The van der Waals surface area contributed by atoms with Crippen molar-refractivity contribution in [3.63, 3.8) is 0 Å². The van der Waals surface area contributed by atoms with Crippen LogP contribution in [0.4, 0.5) is 5.95 Å². The van der Waals surface area contributed by atoms with Crippen molar-refractivity contribution in [3.8, 4) is 5.69 Å². The highest BCUT2D eigenvalue weighted by Crippen LogP contribution is 2.24. The van der Waals surface area contributed by atoms with Crippen molar-refractivity contribution in [3.05, 3.63) is 90.5 Å². The van der Waals surface area contributed by atoms with Crippen molar-refractivity contribution in [1.82, 2.24) is 9.55 Å². The highest BCUT2D eigenvalue weighted by molar-refractivity contribution is 5.81. The van der Waals surface area contributed by atoms with Crippen LogP contribution in [-0.4, -0.2) is 9.55 Å². The minimum absolute atomic E-state index is 0.747. The molecule has 1 heterocycles. The number of rotatable bonds is 4. The molecule has 0 atom stereocenters. The Balaban J connectivity index is 1.76. The third kappa shape index (κ3) is 2.69. The Bertz CT molecular complexity index is 911. The van der Waals surface area contributed by atoms with Gasteiger partial charge < -0.3 is 5.32 Å². The molecule has 3 heteroatoms. The first-order valence-corrected chi connectivity index (χ1v) is 7.72. The number of anilines is 1. The Hall–Kier alpha value is -3.07. The molecule has 3 aromatic carbocycles. The van der Waals surface area contributed by atoms with Crippen LogP contribution in [0.15, 0.2) is 84.9 Å². The summed E-state index contributed by atoms with van der Waals surface area (Å²) in [5.41, 5.74) is 4.44. The smallest absolute Gasteiger partial charge is 0.208 e. The molecule has 1 N–H and O–H groups in total. The van der Waals surface area contributed by atoms with Gasteiger partial charge >= 0.3 is 0 Å². The summed E-state index contributed by atoms with van der Waals surface area (Å²) in [6.07, 6.45) is 0. The van der Waals surface area contributed by atoms with Gasteiger partial charge in [-0.15, -0.1) is 0 Å². The molecule has 112 valence electrons. The Kier molecular flexibility index (Phi) is 3.53. The standard InChI is InChI=1S/C20H17N3/c1-3-9-16(10-4-1)15-21-20-22-18-13-7-8-14-19(18)23(20)17-11-5-2-6-12-17/h1-14H,15H2,(H,21,22). The lowest BCUT2D eigenvalue weighted by Crippen LogP contribution is -2.06. The van der Waals surface area contributed by atoms with E-state index < -0.39 is 0 Å². The topological polar surface area (TPSA) is 29.9 Å². The second-order valence-electron chi connectivity index (χ2n) is 5.43. The maximum Gasteiger partial charge on any atom is 0.208 e. The minimum atomic E-state index is 0.747. The summed E-state index contributed by atoms with van der Waals surface area (Å²) in [4.78, 5) is 4.76. The summed E-state index contributed by atoms with van der Waals surface area (Å²) in [5.74, 6) is 0.862. The minimum Gasteiger partial charge on any atom is -0.351 e. The fourth-order valence-electron chi connectivity index (χ4n) is 2.76. The van der Waals surface area contributed by atoms with Crippen molar-refractivity contribution >= 4 is 17.0 Å². The SMILES string of the molecule is c1ccc(CNc2nc3ccccc3n2-c2ccccc2)cc1. The van der Waals surface area contributed by atoms with Gasteiger partial charge in [0.05, 0.1) is 11.0 Å². The zero-order valence-corrected chi connectivity index (χ0v) is 12.7. The van der Waals surface area contributed by atoms with Crippen molar-refractivity contribution in [2.75, 3.05) is 5.32 Å². The number of imidazole rings is 1. The molecule has 4 rings (SSSR count). The second kappa shape index (κ2) is 5.97. The van der Waals surface area contributed by atoms with Crippen LogP contribution < -0.4 is 5.32 Å². The van der Waals surface area contributed by atoms with Gasteiger partial charge in [0, 0.05) is 12.2 Å². The summed E-state index contributed by atoms with van der Waals surface area (Å²) in [6.45, 7) is 0.747. The van der Waals surface area contributed by atoms with E-state index in [-0.39, 0.29) is 0 Å². The lowest BCUT2D eigenvalue weighted by molar-refractivity contribution is 1.02. The number of benzene rings is 3. The van der Waals surface area contributed by atoms with Crippen LogP contribution in [0.5, 0.6) is 0 Å². The van der Waals surface area contributed by atoms with E-state index >= 15 is 0 Å². The van der Waals surface area contributed by atoms with Gasteiger partial charge in [-0.25, -0.2) is 4.98 Å². The molecule has 0 amide bonds. The highest BCUT2D eigenvalue weighted by Gasteiger charge is 2.11. The van der Waals surface area contributed by atoms with Crippen molar-refractivity contribution < 1.29 is 0 Å². The molecule has 0 aliphatic rings. The van der Waals surface area contributed by atoms with E-state index in [2.05, 4.69) is 52.3 Å². The van der Waals surface area contributed by atoms with Gasteiger partial charge in [-0.05, 0) is 29.8 Å². The quantitative estimate of drug-likeness (QED) is 0.595. The lowest BCUT2D eigenvalue weighted by Gasteiger charge is -2.11. The number of nitrogens with one attached hydrogen (secondary N) is 1. The van der Waals surface area contributed by atoms with Gasteiger partial charge in [-0.2, -0.15) is 0 Å². The number of hydrogen-bond acceptors (Lipinski definition) is 2. The van der Waals surface area contributed by atoms with Gasteiger partial charge in [-0.1, -0.05) is 60.7 Å². The van der Waals surface area contributed by atoms with E-state index in [0.29, 0.717) is 0 Å². The van der Waals surface area contributed by atoms with Crippen LogP contribution in [0.25, 0.3) is 16.7 Å². The monoisotopic (exact) mass is 299 g/mol. The molecule has 3 nitrogen and oxygen atoms in total. The Morgan fingerprint density at radius 2 is 1.39 bits per heavy atom. The summed E-state index contributed by atoms with van der Waals surface area (Å²) in [7, 11) is 0. The van der Waals surface area contributed by atoms with Crippen LogP contribution in [0.2, 0.25) is 0 Å². The van der Waals surface area contributed by atoms with Crippen molar-refractivity contribution in [2.24, 2.45) is 0 Å². The summed E-state index contributed by atoms with van der Waals surface area (Å²) in [6, 6.07) is 28.9. The summed E-state index contributed by atoms with van der Waals surface area (Å²) in [5, 5.41) is 3.47. The van der Waals surface area contributed by atoms with E-state index in [4.69, 9.17) is 4.98 Å². The van der Waals surface area contributed by atoms with Crippen LogP contribution in [0.3, 0.4) is 0 Å². The molecule has 0 aliphatic heterocycles. The van der Waals surface area contributed by atoms with Crippen LogP contribution in [0.1, 0.15) is 5.56 Å². The van der Waals surface area contributed by atoms with Gasteiger partial charge in [0.2, 0.25) is 5.95 Å². The zero-order chi connectivity index (χ0) is 15.5. The predicted molar refractivity (Wildman–Crippen MR) is 94.8 cm³/mol. The third-order valence-electron chi connectivity index (χ3n) is 3.87. The normalized spacial score (nSPS) is 10.8. The summed E-state index contributed by atoms with van der Waals surface area (Å²) < 4.78 is 2.16. The van der Waals surface area contributed by atoms with Crippen molar-refractivity contribution in [1.29, 1.82) is 0 Å². The van der Waals surface area contributed by atoms with Crippen molar-refractivity contribution in [2.45, 2.75) is 6.54 Å². The summed E-state index contributed by atoms with van der Waals surface area (Å²) >= 11 is 0. The molecule has 0 bridgehead atoms. The fourth-order valence-corrected chi connectivity index (χ4v) is 2.76. The largest absolute Gasteiger partial charge is 0.351 e. The number of hydrogen-bond donors (Lipinski definition) is 1. The van der Waals surface area contributed by atoms with E-state index in [1.165, 1.54) is 5.56 Å². The molecule has 23 heavy (non-hydrogen) atoms. The molecule has 0 unspecified atom stereocenters. The lowest BCUT2D eigenvalue weighted by atomic mass is 10.2. The molecule has 0 saturated heterocycles. The molecule has 0 saturated carbocycles. The molecule has 1 aromatic heterocycles. The van der Waals surface area contributed by atoms with E-state index in [9.17, 15) is 0 Å². The number of nitrogens with zero attached hydrogens (tertiary/aromatic N) is 2. The average Bonchev–Trinajstić information content (AvgIpc) is 3.00. The maximum absolute atomic E-state index is 4.76. The molecule has 0 radical (unpaired) electrons. The molecule has 0 aliphatic carbocycles. The van der Waals surface area contributed by atoms with Gasteiger partial charge in [0.25, 0.3) is 0 Å². The first-order valence-electron chi connectivity index (χ1n) is 7.72. The molecular weight excluding hydrogens is 282 g/mol. The Morgan fingerprint density at radius 1 is 0.739 bits per heavy atom. The maximum atomic E-state index is 4.76. The number of aromatic nitrogens is 2. The average molecular weight is 299 g/mol. The first-order chi connectivity index (χ1) is 11.4. The Morgan fingerprint density at radius 3 is 2.17 bits per heavy atom. The molecule has 4 aromatic rings. The van der Waals surface area contributed by atoms with E-state index in [1.54, 1.807) is 0 Å². The van der Waals surface area contributed by atoms with Gasteiger partial charge in [0.1, 0.15) is 0 Å². The number of fused-ring (bicyclic) bond motifs is 1. The fraction of sp³-hybridized carbons (Fsp3) is 0.0500. The highest BCUT2D eigenvalue weighted by atomic mass is 15.2. The molecular formula is C20H17N3. The predicted octanol–water partition coefficient (Wildman–Crippen LogP) is 4.64. The third-order valence-corrected chi connectivity index (χ3v) is 3.87. The van der Waals surface area contributed by atoms with E-state index in [1.807, 2.05) is 42.5 Å². The zero-order valence-electron chi connectivity index (χ0n) is 12.7. The second-order valence-corrected chi connectivity index (χ2v) is 5.43.